The van der Waals surface area contributed by atoms with E-state index in [9.17, 15) is 0 Å². The number of ether oxygens (including phenoxy) is 1. The Bertz CT molecular complexity index is 377. The largest absolute Gasteiger partial charge is 0.489 e. The number of rotatable bonds is 4. The number of nitrogens with two attached hydrogens (primary N) is 1. The Kier molecular flexibility index (Phi) is 4.65. The van der Waals surface area contributed by atoms with Crippen LogP contribution in [0.2, 0.25) is 0 Å². The molecule has 0 aliphatic heterocycles. The van der Waals surface area contributed by atoms with Crippen LogP contribution in [0.4, 0.5) is 0 Å². The molecule has 1 aliphatic carbocycles. The van der Waals surface area contributed by atoms with Gasteiger partial charge < -0.3 is 10.5 Å². The van der Waals surface area contributed by atoms with Crippen LogP contribution in [0.3, 0.4) is 0 Å². The highest BCUT2D eigenvalue weighted by atomic mass is 16.5. The summed E-state index contributed by atoms with van der Waals surface area (Å²) in [6.45, 7) is 4.43. The standard InChI is InChI=1S/C16H25NO/c1-3-12-6-5-7-14(10-12)18-16-11-13(4-2)8-9-15(16)17/h5-7,10,13,15-16H,3-4,8-9,11,17H2,1-2H3. The van der Waals surface area contributed by atoms with Crippen molar-refractivity contribution in [1.29, 1.82) is 0 Å². The van der Waals surface area contributed by atoms with Crippen molar-refractivity contribution in [2.75, 3.05) is 0 Å². The zero-order valence-corrected chi connectivity index (χ0v) is 11.6. The summed E-state index contributed by atoms with van der Waals surface area (Å²) in [6, 6.07) is 8.59. The van der Waals surface area contributed by atoms with E-state index < -0.39 is 0 Å². The van der Waals surface area contributed by atoms with Crippen LogP contribution in [0, 0.1) is 5.92 Å². The minimum atomic E-state index is 0.191. The summed E-state index contributed by atoms with van der Waals surface area (Å²) in [4.78, 5) is 0. The summed E-state index contributed by atoms with van der Waals surface area (Å²) < 4.78 is 6.12. The first kappa shape index (κ1) is 13.4. The maximum atomic E-state index is 6.19. The summed E-state index contributed by atoms with van der Waals surface area (Å²) in [6.07, 6.45) is 5.93. The van der Waals surface area contributed by atoms with Crippen molar-refractivity contribution in [1.82, 2.24) is 0 Å². The summed E-state index contributed by atoms with van der Waals surface area (Å²) in [5, 5.41) is 0. The molecule has 0 spiro atoms. The minimum absolute atomic E-state index is 0.191. The Hall–Kier alpha value is -1.02. The van der Waals surface area contributed by atoms with Gasteiger partial charge in [-0.3, -0.25) is 0 Å². The van der Waals surface area contributed by atoms with E-state index in [1.54, 1.807) is 0 Å². The molecule has 1 saturated carbocycles. The molecule has 100 valence electrons. The third kappa shape index (κ3) is 3.26. The molecule has 2 N–H and O–H groups in total. The molecule has 18 heavy (non-hydrogen) atoms. The summed E-state index contributed by atoms with van der Waals surface area (Å²) in [7, 11) is 0. The number of benzene rings is 1. The fourth-order valence-corrected chi connectivity index (χ4v) is 2.76. The molecule has 1 fully saturated rings. The van der Waals surface area contributed by atoms with Gasteiger partial charge in [-0.2, -0.15) is 0 Å². The zero-order chi connectivity index (χ0) is 13.0. The smallest absolute Gasteiger partial charge is 0.120 e. The van der Waals surface area contributed by atoms with Gasteiger partial charge in [0.2, 0.25) is 0 Å². The van der Waals surface area contributed by atoms with E-state index in [-0.39, 0.29) is 12.1 Å². The van der Waals surface area contributed by atoms with Gasteiger partial charge in [0.15, 0.2) is 0 Å². The maximum Gasteiger partial charge on any atom is 0.120 e. The van der Waals surface area contributed by atoms with Crippen molar-refractivity contribution in [2.45, 2.75) is 58.1 Å². The van der Waals surface area contributed by atoms with E-state index in [1.165, 1.54) is 18.4 Å². The lowest BCUT2D eigenvalue weighted by Crippen LogP contribution is -2.43. The molecule has 2 nitrogen and oxygen atoms in total. The lowest BCUT2D eigenvalue weighted by Gasteiger charge is -2.34. The van der Waals surface area contributed by atoms with Gasteiger partial charge in [0.25, 0.3) is 0 Å². The van der Waals surface area contributed by atoms with Crippen LogP contribution in [0.5, 0.6) is 5.75 Å². The summed E-state index contributed by atoms with van der Waals surface area (Å²) in [5.41, 5.74) is 7.51. The highest BCUT2D eigenvalue weighted by Gasteiger charge is 2.28. The highest BCUT2D eigenvalue weighted by Crippen LogP contribution is 2.29. The van der Waals surface area contributed by atoms with Crippen LogP contribution < -0.4 is 10.5 Å². The predicted octanol–water partition coefficient (Wildman–Crippen LogP) is 3.53. The fourth-order valence-electron chi connectivity index (χ4n) is 2.76. The van der Waals surface area contributed by atoms with Gasteiger partial charge in [-0.15, -0.1) is 0 Å². The van der Waals surface area contributed by atoms with Crippen molar-refractivity contribution in [2.24, 2.45) is 11.7 Å². The molecule has 2 rings (SSSR count). The van der Waals surface area contributed by atoms with Crippen LogP contribution in [0.1, 0.15) is 45.1 Å². The molecular weight excluding hydrogens is 222 g/mol. The quantitative estimate of drug-likeness (QED) is 0.883. The number of aryl methyl sites for hydroxylation is 1. The van der Waals surface area contributed by atoms with Gasteiger partial charge >= 0.3 is 0 Å². The Balaban J connectivity index is 2.02. The SMILES string of the molecule is CCc1cccc(OC2CC(CC)CCC2N)c1. The maximum absolute atomic E-state index is 6.19. The molecule has 3 unspecified atom stereocenters. The van der Waals surface area contributed by atoms with E-state index >= 15 is 0 Å². The van der Waals surface area contributed by atoms with Crippen molar-refractivity contribution in [3.8, 4) is 5.75 Å². The molecule has 0 bridgehead atoms. The molecule has 3 atom stereocenters. The van der Waals surface area contributed by atoms with Crippen molar-refractivity contribution in [3.05, 3.63) is 29.8 Å². The number of hydrogen-bond donors (Lipinski definition) is 1. The molecular formula is C16H25NO. The lowest BCUT2D eigenvalue weighted by atomic mass is 9.83. The molecule has 0 radical (unpaired) electrons. The van der Waals surface area contributed by atoms with Gasteiger partial charge in [-0.1, -0.05) is 32.4 Å². The second-order valence-corrected chi connectivity index (χ2v) is 5.41. The average molecular weight is 247 g/mol. The minimum Gasteiger partial charge on any atom is -0.489 e. The van der Waals surface area contributed by atoms with Gasteiger partial charge in [-0.25, -0.2) is 0 Å². The van der Waals surface area contributed by atoms with Crippen LogP contribution in [-0.4, -0.2) is 12.1 Å². The fraction of sp³-hybridized carbons (Fsp3) is 0.625. The van der Waals surface area contributed by atoms with E-state index in [4.69, 9.17) is 10.5 Å². The molecule has 1 aliphatic rings. The highest BCUT2D eigenvalue weighted by molar-refractivity contribution is 5.28. The van der Waals surface area contributed by atoms with Crippen LogP contribution in [0.25, 0.3) is 0 Å². The van der Waals surface area contributed by atoms with E-state index in [1.807, 2.05) is 6.07 Å². The Labute approximate surface area is 111 Å². The normalized spacial score (nSPS) is 28.1. The molecule has 1 aromatic rings. The third-order valence-corrected chi connectivity index (χ3v) is 4.12. The first-order valence-corrected chi connectivity index (χ1v) is 7.24. The van der Waals surface area contributed by atoms with Gasteiger partial charge in [0.1, 0.15) is 11.9 Å². The van der Waals surface area contributed by atoms with Crippen LogP contribution in [-0.2, 0) is 6.42 Å². The zero-order valence-electron chi connectivity index (χ0n) is 11.6. The Morgan fingerprint density at radius 3 is 2.83 bits per heavy atom. The number of hydrogen-bond acceptors (Lipinski definition) is 2. The topological polar surface area (TPSA) is 35.2 Å². The second-order valence-electron chi connectivity index (χ2n) is 5.41. The second kappa shape index (κ2) is 6.24. The van der Waals surface area contributed by atoms with E-state index in [0.29, 0.717) is 0 Å². The lowest BCUT2D eigenvalue weighted by molar-refractivity contribution is 0.101. The third-order valence-electron chi connectivity index (χ3n) is 4.12. The monoisotopic (exact) mass is 247 g/mol. The molecule has 0 heterocycles. The molecule has 2 heteroatoms. The Morgan fingerprint density at radius 2 is 2.11 bits per heavy atom. The van der Waals surface area contributed by atoms with Gasteiger partial charge in [0.05, 0.1) is 0 Å². The van der Waals surface area contributed by atoms with Crippen LogP contribution in [0.15, 0.2) is 24.3 Å². The summed E-state index contributed by atoms with van der Waals surface area (Å²) in [5.74, 6) is 1.76. The van der Waals surface area contributed by atoms with Gasteiger partial charge in [-0.05, 0) is 49.3 Å². The Morgan fingerprint density at radius 1 is 1.28 bits per heavy atom. The van der Waals surface area contributed by atoms with E-state index in [2.05, 4.69) is 32.0 Å². The first-order valence-electron chi connectivity index (χ1n) is 7.24. The van der Waals surface area contributed by atoms with E-state index in [0.717, 1.165) is 30.9 Å². The molecule has 0 aromatic heterocycles. The van der Waals surface area contributed by atoms with Crippen molar-refractivity contribution in [3.63, 3.8) is 0 Å². The van der Waals surface area contributed by atoms with Crippen molar-refractivity contribution >= 4 is 0 Å². The molecule has 1 aromatic carbocycles. The summed E-state index contributed by atoms with van der Waals surface area (Å²) >= 11 is 0. The first-order chi connectivity index (χ1) is 8.72. The van der Waals surface area contributed by atoms with Gasteiger partial charge in [0, 0.05) is 6.04 Å². The van der Waals surface area contributed by atoms with Crippen molar-refractivity contribution < 1.29 is 4.74 Å². The molecule has 0 amide bonds. The van der Waals surface area contributed by atoms with Crippen LogP contribution >= 0.6 is 0 Å². The molecule has 0 saturated heterocycles. The predicted molar refractivity (Wildman–Crippen MR) is 75.8 cm³/mol. The average Bonchev–Trinajstić information content (AvgIpc) is 2.41.